The number of hydrogen-bond donors (Lipinski definition) is 2. The molecule has 0 bridgehead atoms. The Hall–Kier alpha value is -3.08. The predicted molar refractivity (Wildman–Crippen MR) is 98.8 cm³/mol. The molecule has 24 heavy (non-hydrogen) atoms. The van der Waals surface area contributed by atoms with Crippen LogP contribution in [0.2, 0.25) is 0 Å². The highest BCUT2D eigenvalue weighted by atomic mass is 15.2. The van der Waals surface area contributed by atoms with Crippen LogP contribution in [0, 0.1) is 6.92 Å². The molecule has 2 aromatic carbocycles. The van der Waals surface area contributed by atoms with E-state index < -0.39 is 0 Å². The summed E-state index contributed by atoms with van der Waals surface area (Å²) in [4.78, 5) is 4.41. The van der Waals surface area contributed by atoms with Gasteiger partial charge in [-0.05, 0) is 36.2 Å². The zero-order valence-corrected chi connectivity index (χ0v) is 13.9. The van der Waals surface area contributed by atoms with E-state index in [0.29, 0.717) is 12.5 Å². The molecular formula is C19H21N5. The third-order valence-electron chi connectivity index (χ3n) is 3.72. The van der Waals surface area contributed by atoms with Gasteiger partial charge < -0.3 is 11.1 Å². The molecule has 5 heteroatoms. The molecule has 122 valence electrons. The summed E-state index contributed by atoms with van der Waals surface area (Å²) < 4.78 is 1.80. The van der Waals surface area contributed by atoms with E-state index in [1.165, 1.54) is 5.56 Å². The van der Waals surface area contributed by atoms with Gasteiger partial charge in [-0.1, -0.05) is 35.9 Å². The van der Waals surface area contributed by atoms with Crippen LogP contribution in [0.5, 0.6) is 0 Å². The van der Waals surface area contributed by atoms with Gasteiger partial charge in [-0.3, -0.25) is 4.68 Å². The number of benzene rings is 2. The number of nitrogens with one attached hydrogen (secondary N) is 1. The molecule has 0 spiro atoms. The van der Waals surface area contributed by atoms with Gasteiger partial charge >= 0.3 is 0 Å². The van der Waals surface area contributed by atoms with Gasteiger partial charge in [0.05, 0.1) is 12.7 Å². The van der Waals surface area contributed by atoms with Crippen LogP contribution < -0.4 is 11.1 Å². The third kappa shape index (κ3) is 4.01. The Kier molecular flexibility index (Phi) is 4.61. The second kappa shape index (κ2) is 7.00. The molecule has 0 unspecified atom stereocenters. The number of aliphatic imine (C=N–C) groups is 1. The number of nitrogens with two attached hydrogens (primary N) is 1. The SMILES string of the molecule is Cc1ccc(NC(N)=NCc2cccc(-c3cnn(C)c3)c2)cc1. The Morgan fingerprint density at radius 1 is 1.17 bits per heavy atom. The monoisotopic (exact) mass is 319 g/mol. The standard InChI is InChI=1S/C19H21N5/c1-14-6-8-18(9-7-14)23-19(20)21-11-15-4-3-5-16(10-15)17-12-22-24(2)13-17/h3-10,12-13H,11H2,1-2H3,(H3,20,21,23). The van der Waals surface area contributed by atoms with E-state index in [1.807, 2.05) is 55.8 Å². The van der Waals surface area contributed by atoms with Gasteiger partial charge in [0.15, 0.2) is 5.96 Å². The fourth-order valence-corrected chi connectivity index (χ4v) is 2.42. The second-order valence-electron chi connectivity index (χ2n) is 5.80. The maximum atomic E-state index is 5.97. The first kappa shape index (κ1) is 15.8. The fraction of sp³-hybridized carbons (Fsp3) is 0.158. The summed E-state index contributed by atoms with van der Waals surface area (Å²) in [5, 5.41) is 7.31. The van der Waals surface area contributed by atoms with Crippen molar-refractivity contribution in [1.29, 1.82) is 0 Å². The van der Waals surface area contributed by atoms with Crippen molar-refractivity contribution in [2.75, 3.05) is 5.32 Å². The number of guanidine groups is 1. The highest BCUT2D eigenvalue weighted by molar-refractivity contribution is 5.92. The summed E-state index contributed by atoms with van der Waals surface area (Å²) in [7, 11) is 1.91. The van der Waals surface area contributed by atoms with E-state index in [2.05, 4.69) is 34.5 Å². The van der Waals surface area contributed by atoms with Gasteiger partial charge in [-0.2, -0.15) is 5.10 Å². The Morgan fingerprint density at radius 3 is 2.67 bits per heavy atom. The molecule has 0 aliphatic rings. The summed E-state index contributed by atoms with van der Waals surface area (Å²) in [6.45, 7) is 2.58. The smallest absolute Gasteiger partial charge is 0.193 e. The van der Waals surface area contributed by atoms with Crippen molar-refractivity contribution in [2.24, 2.45) is 17.8 Å². The molecule has 0 atom stereocenters. The van der Waals surface area contributed by atoms with E-state index in [1.54, 1.807) is 4.68 Å². The molecule has 0 aliphatic carbocycles. The molecule has 0 aliphatic heterocycles. The highest BCUT2D eigenvalue weighted by Gasteiger charge is 2.02. The Balaban J connectivity index is 1.68. The first-order chi connectivity index (χ1) is 11.6. The molecule has 3 N–H and O–H groups in total. The van der Waals surface area contributed by atoms with Crippen LogP contribution in [-0.4, -0.2) is 15.7 Å². The fourth-order valence-electron chi connectivity index (χ4n) is 2.42. The first-order valence-electron chi connectivity index (χ1n) is 7.82. The Bertz CT molecular complexity index is 846. The molecule has 1 aromatic heterocycles. The normalized spacial score (nSPS) is 11.5. The molecule has 1 heterocycles. The third-order valence-corrected chi connectivity index (χ3v) is 3.72. The van der Waals surface area contributed by atoms with Gasteiger partial charge in [0, 0.05) is 24.5 Å². The average molecular weight is 319 g/mol. The minimum Gasteiger partial charge on any atom is -0.370 e. The van der Waals surface area contributed by atoms with Crippen LogP contribution in [0.25, 0.3) is 11.1 Å². The average Bonchev–Trinajstić information content (AvgIpc) is 3.02. The topological polar surface area (TPSA) is 68.2 Å². The lowest BCUT2D eigenvalue weighted by molar-refractivity contribution is 0.768. The summed E-state index contributed by atoms with van der Waals surface area (Å²) in [6, 6.07) is 16.3. The van der Waals surface area contributed by atoms with E-state index in [4.69, 9.17) is 5.73 Å². The Labute approximate surface area is 141 Å². The Morgan fingerprint density at radius 2 is 1.96 bits per heavy atom. The highest BCUT2D eigenvalue weighted by Crippen LogP contribution is 2.20. The molecule has 3 aromatic rings. The minimum atomic E-state index is 0.408. The number of nitrogens with zero attached hydrogens (tertiary/aromatic N) is 3. The van der Waals surface area contributed by atoms with Crippen molar-refractivity contribution >= 4 is 11.6 Å². The number of aromatic nitrogens is 2. The quantitative estimate of drug-likeness (QED) is 0.572. The first-order valence-corrected chi connectivity index (χ1v) is 7.82. The summed E-state index contributed by atoms with van der Waals surface area (Å²) >= 11 is 0. The van der Waals surface area contributed by atoms with E-state index >= 15 is 0 Å². The lowest BCUT2D eigenvalue weighted by atomic mass is 10.1. The van der Waals surface area contributed by atoms with Gasteiger partial charge in [-0.15, -0.1) is 0 Å². The number of aryl methyl sites for hydroxylation is 2. The van der Waals surface area contributed by atoms with E-state index in [-0.39, 0.29) is 0 Å². The van der Waals surface area contributed by atoms with Crippen molar-refractivity contribution < 1.29 is 0 Å². The molecule has 0 radical (unpaired) electrons. The van der Waals surface area contributed by atoms with Crippen molar-refractivity contribution in [3.8, 4) is 11.1 Å². The van der Waals surface area contributed by atoms with Crippen LogP contribution in [0.3, 0.4) is 0 Å². The number of rotatable bonds is 4. The van der Waals surface area contributed by atoms with Crippen molar-refractivity contribution in [2.45, 2.75) is 13.5 Å². The summed E-state index contributed by atoms with van der Waals surface area (Å²) in [5.74, 6) is 0.408. The predicted octanol–water partition coefficient (Wildman–Crippen LogP) is 3.32. The van der Waals surface area contributed by atoms with Crippen LogP contribution in [0.4, 0.5) is 5.69 Å². The second-order valence-corrected chi connectivity index (χ2v) is 5.80. The van der Waals surface area contributed by atoms with E-state index in [0.717, 1.165) is 22.4 Å². The lowest BCUT2D eigenvalue weighted by Crippen LogP contribution is -2.22. The lowest BCUT2D eigenvalue weighted by Gasteiger charge is -2.06. The molecule has 5 nitrogen and oxygen atoms in total. The maximum Gasteiger partial charge on any atom is 0.193 e. The zero-order valence-electron chi connectivity index (χ0n) is 13.9. The largest absolute Gasteiger partial charge is 0.370 e. The summed E-state index contributed by atoms with van der Waals surface area (Å²) in [6.07, 6.45) is 3.85. The van der Waals surface area contributed by atoms with Crippen LogP contribution >= 0.6 is 0 Å². The molecule has 0 saturated carbocycles. The van der Waals surface area contributed by atoms with E-state index in [9.17, 15) is 0 Å². The number of anilines is 1. The van der Waals surface area contributed by atoms with Crippen LogP contribution in [0.15, 0.2) is 65.9 Å². The molecule has 0 amide bonds. The van der Waals surface area contributed by atoms with Crippen molar-refractivity contribution in [3.63, 3.8) is 0 Å². The van der Waals surface area contributed by atoms with Crippen molar-refractivity contribution in [1.82, 2.24) is 9.78 Å². The minimum absolute atomic E-state index is 0.408. The zero-order chi connectivity index (χ0) is 16.9. The van der Waals surface area contributed by atoms with Gasteiger partial charge in [0.1, 0.15) is 0 Å². The number of hydrogen-bond acceptors (Lipinski definition) is 2. The van der Waals surface area contributed by atoms with Crippen LogP contribution in [-0.2, 0) is 13.6 Å². The van der Waals surface area contributed by atoms with Gasteiger partial charge in [0.25, 0.3) is 0 Å². The molecular weight excluding hydrogens is 298 g/mol. The van der Waals surface area contributed by atoms with Gasteiger partial charge in [-0.25, -0.2) is 4.99 Å². The van der Waals surface area contributed by atoms with Crippen LogP contribution in [0.1, 0.15) is 11.1 Å². The molecule has 0 fully saturated rings. The maximum absolute atomic E-state index is 5.97. The van der Waals surface area contributed by atoms with Gasteiger partial charge in [0.2, 0.25) is 0 Å². The summed E-state index contributed by atoms with van der Waals surface area (Å²) in [5.41, 5.74) is 11.4. The van der Waals surface area contributed by atoms with Crippen molar-refractivity contribution in [3.05, 3.63) is 72.1 Å². The molecule has 0 saturated heterocycles. The molecule has 3 rings (SSSR count).